The van der Waals surface area contributed by atoms with Crippen molar-refractivity contribution in [3.8, 4) is 0 Å². The number of hydrogen-bond acceptors (Lipinski definition) is 3. The molecule has 0 bridgehead atoms. The summed E-state index contributed by atoms with van der Waals surface area (Å²) in [5.74, 6) is -0.856. The summed E-state index contributed by atoms with van der Waals surface area (Å²) in [7, 11) is 0. The molecular weight excluding hydrogens is 328 g/mol. The average Bonchev–Trinajstić information content (AvgIpc) is 3.01. The number of halogens is 4. The predicted octanol–water partition coefficient (Wildman–Crippen LogP) is 3.90. The molecule has 3 rings (SSSR count). The van der Waals surface area contributed by atoms with Gasteiger partial charge in [-0.2, -0.15) is 24.5 Å². The Balaban J connectivity index is 2.04. The zero-order valence-electron chi connectivity index (χ0n) is 12.2. The molecule has 0 amide bonds. The number of piperazine rings is 1. The average molecular weight is 344 g/mol. The lowest BCUT2D eigenvalue weighted by Crippen LogP contribution is -2.45. The van der Waals surface area contributed by atoms with Gasteiger partial charge in [0, 0.05) is 26.2 Å². The Morgan fingerprint density at radius 2 is 1.83 bits per heavy atom. The van der Waals surface area contributed by atoms with E-state index in [-0.39, 0.29) is 6.04 Å². The summed E-state index contributed by atoms with van der Waals surface area (Å²) >= 11 is 1.48. The summed E-state index contributed by atoms with van der Waals surface area (Å²) in [6.07, 6.45) is -4.56. The SMILES string of the molecule is Fc1cc([C@@H](c2ccsc2)N2CCNCC2)cc(C(F)(F)F)c1. The standard InChI is InChI=1S/C16H16F4N2S/c17-14-8-12(7-13(9-14)16(18,19)20)15(11-1-6-23-10-11)22-4-2-21-3-5-22/h1,6-10,15,21H,2-5H2/t15-/m1/s1. The maximum atomic E-state index is 13.8. The molecular formula is C16H16F4N2S. The minimum Gasteiger partial charge on any atom is -0.314 e. The number of benzene rings is 1. The lowest BCUT2D eigenvalue weighted by atomic mass is 9.96. The third-order valence-corrected chi connectivity index (χ3v) is 4.64. The molecule has 1 saturated heterocycles. The van der Waals surface area contributed by atoms with Gasteiger partial charge in [0.1, 0.15) is 5.82 Å². The molecule has 1 aromatic carbocycles. The third-order valence-electron chi connectivity index (χ3n) is 3.94. The quantitative estimate of drug-likeness (QED) is 0.850. The minimum atomic E-state index is -4.56. The first-order chi connectivity index (χ1) is 10.9. The van der Waals surface area contributed by atoms with Crippen molar-refractivity contribution in [2.45, 2.75) is 12.2 Å². The van der Waals surface area contributed by atoms with E-state index in [1.54, 1.807) is 0 Å². The first kappa shape index (κ1) is 16.4. The van der Waals surface area contributed by atoms with Gasteiger partial charge in [-0.3, -0.25) is 4.90 Å². The van der Waals surface area contributed by atoms with Gasteiger partial charge in [0.25, 0.3) is 0 Å². The van der Waals surface area contributed by atoms with Crippen LogP contribution in [0.2, 0.25) is 0 Å². The van der Waals surface area contributed by atoms with Crippen molar-refractivity contribution >= 4 is 11.3 Å². The molecule has 124 valence electrons. The maximum Gasteiger partial charge on any atom is 0.416 e. The Labute approximate surface area is 135 Å². The number of rotatable bonds is 3. The fourth-order valence-electron chi connectivity index (χ4n) is 2.92. The molecule has 2 heterocycles. The zero-order chi connectivity index (χ0) is 16.4. The van der Waals surface area contributed by atoms with Gasteiger partial charge in [0.2, 0.25) is 0 Å². The Bertz CT molecular complexity index is 649. The second-order valence-corrected chi connectivity index (χ2v) is 6.30. The van der Waals surface area contributed by atoms with Crippen LogP contribution in [0.4, 0.5) is 17.6 Å². The number of hydrogen-bond donors (Lipinski definition) is 1. The first-order valence-corrected chi connectivity index (χ1v) is 8.24. The zero-order valence-corrected chi connectivity index (χ0v) is 13.1. The molecule has 1 aromatic heterocycles. The van der Waals surface area contributed by atoms with E-state index in [0.29, 0.717) is 24.7 Å². The van der Waals surface area contributed by atoms with E-state index in [1.807, 2.05) is 16.8 Å². The molecule has 1 atom stereocenters. The van der Waals surface area contributed by atoms with Crippen molar-refractivity contribution in [3.63, 3.8) is 0 Å². The Morgan fingerprint density at radius 1 is 1.09 bits per heavy atom. The van der Waals surface area contributed by atoms with Crippen molar-refractivity contribution < 1.29 is 17.6 Å². The van der Waals surface area contributed by atoms with Crippen LogP contribution in [-0.4, -0.2) is 31.1 Å². The van der Waals surface area contributed by atoms with Gasteiger partial charge >= 0.3 is 6.18 Å². The third kappa shape index (κ3) is 3.73. The van der Waals surface area contributed by atoms with E-state index in [0.717, 1.165) is 24.7 Å². The Kier molecular flexibility index (Phi) is 4.70. The van der Waals surface area contributed by atoms with Gasteiger partial charge in [0.05, 0.1) is 11.6 Å². The summed E-state index contributed by atoms with van der Waals surface area (Å²) in [6.45, 7) is 2.95. The Morgan fingerprint density at radius 3 is 2.43 bits per heavy atom. The van der Waals surface area contributed by atoms with Crippen LogP contribution >= 0.6 is 11.3 Å². The minimum absolute atomic E-state index is 0.345. The predicted molar refractivity (Wildman–Crippen MR) is 82.0 cm³/mol. The fraction of sp³-hybridized carbons (Fsp3) is 0.375. The number of nitrogens with zero attached hydrogens (tertiary/aromatic N) is 1. The smallest absolute Gasteiger partial charge is 0.314 e. The topological polar surface area (TPSA) is 15.3 Å². The van der Waals surface area contributed by atoms with E-state index in [9.17, 15) is 17.6 Å². The van der Waals surface area contributed by atoms with Crippen molar-refractivity contribution in [2.75, 3.05) is 26.2 Å². The molecule has 1 fully saturated rings. The van der Waals surface area contributed by atoms with Gasteiger partial charge in [-0.15, -0.1) is 0 Å². The highest BCUT2D eigenvalue weighted by molar-refractivity contribution is 7.08. The van der Waals surface area contributed by atoms with Crippen LogP contribution in [0.3, 0.4) is 0 Å². The molecule has 0 unspecified atom stereocenters. The normalized spacial score (nSPS) is 18.1. The highest BCUT2D eigenvalue weighted by atomic mass is 32.1. The van der Waals surface area contributed by atoms with E-state index in [2.05, 4.69) is 10.2 Å². The number of alkyl halides is 3. The van der Waals surface area contributed by atoms with Crippen molar-refractivity contribution in [1.29, 1.82) is 0 Å². The van der Waals surface area contributed by atoms with Crippen LogP contribution in [0.1, 0.15) is 22.7 Å². The van der Waals surface area contributed by atoms with Gasteiger partial charge in [0.15, 0.2) is 0 Å². The monoisotopic (exact) mass is 344 g/mol. The molecule has 1 aliphatic heterocycles. The van der Waals surface area contributed by atoms with Gasteiger partial charge in [-0.1, -0.05) is 0 Å². The van der Waals surface area contributed by atoms with E-state index < -0.39 is 17.6 Å². The van der Waals surface area contributed by atoms with E-state index in [4.69, 9.17) is 0 Å². The molecule has 0 aliphatic carbocycles. The molecule has 0 saturated carbocycles. The summed E-state index contributed by atoms with van der Waals surface area (Å²) in [4.78, 5) is 2.09. The van der Waals surface area contributed by atoms with Crippen LogP contribution in [0.5, 0.6) is 0 Å². The fourth-order valence-corrected chi connectivity index (χ4v) is 3.60. The molecule has 2 nitrogen and oxygen atoms in total. The van der Waals surface area contributed by atoms with Crippen LogP contribution < -0.4 is 5.32 Å². The number of nitrogens with one attached hydrogen (secondary N) is 1. The van der Waals surface area contributed by atoms with Gasteiger partial charge in [-0.25, -0.2) is 4.39 Å². The molecule has 2 aromatic rings. The Hall–Kier alpha value is -1.44. The molecule has 0 radical (unpaired) electrons. The first-order valence-electron chi connectivity index (χ1n) is 7.30. The summed E-state index contributed by atoms with van der Waals surface area (Å²) in [6, 6.07) is 4.34. The van der Waals surface area contributed by atoms with E-state index in [1.165, 1.54) is 17.4 Å². The summed E-state index contributed by atoms with van der Waals surface area (Å²) in [5.41, 5.74) is 0.302. The number of thiophene rings is 1. The largest absolute Gasteiger partial charge is 0.416 e. The van der Waals surface area contributed by atoms with Crippen LogP contribution in [-0.2, 0) is 6.18 Å². The van der Waals surface area contributed by atoms with Gasteiger partial charge < -0.3 is 5.32 Å². The molecule has 1 N–H and O–H groups in total. The lowest BCUT2D eigenvalue weighted by molar-refractivity contribution is -0.137. The molecule has 23 heavy (non-hydrogen) atoms. The van der Waals surface area contributed by atoms with Crippen LogP contribution in [0.25, 0.3) is 0 Å². The van der Waals surface area contributed by atoms with Crippen molar-refractivity contribution in [1.82, 2.24) is 10.2 Å². The second kappa shape index (κ2) is 6.59. The van der Waals surface area contributed by atoms with Gasteiger partial charge in [-0.05, 0) is 46.2 Å². The second-order valence-electron chi connectivity index (χ2n) is 5.52. The van der Waals surface area contributed by atoms with Crippen LogP contribution in [0, 0.1) is 5.82 Å². The van der Waals surface area contributed by atoms with Crippen molar-refractivity contribution in [2.24, 2.45) is 0 Å². The highest BCUT2D eigenvalue weighted by Gasteiger charge is 2.33. The molecule has 0 spiro atoms. The van der Waals surface area contributed by atoms with E-state index >= 15 is 0 Å². The maximum absolute atomic E-state index is 13.8. The summed E-state index contributed by atoms with van der Waals surface area (Å²) in [5, 5.41) is 7.01. The highest BCUT2D eigenvalue weighted by Crippen LogP contribution is 2.36. The lowest BCUT2D eigenvalue weighted by Gasteiger charge is -2.35. The molecule has 7 heteroatoms. The van der Waals surface area contributed by atoms with Crippen molar-refractivity contribution in [3.05, 3.63) is 57.5 Å². The van der Waals surface area contributed by atoms with Crippen LogP contribution in [0.15, 0.2) is 35.0 Å². The molecule has 1 aliphatic rings. The summed E-state index contributed by atoms with van der Waals surface area (Å²) < 4.78 is 52.8.